The number of hydrogen-bond donors (Lipinski definition) is 2. The SMILES string of the molecule is Cc1cc(Nc2ccc(N)cc2)nc(N2CCCCC2)n1. The molecule has 0 bridgehead atoms. The van der Waals surface area contributed by atoms with Gasteiger partial charge >= 0.3 is 0 Å². The highest BCUT2D eigenvalue weighted by molar-refractivity contribution is 5.60. The number of piperidine rings is 1. The predicted octanol–water partition coefficient (Wildman–Crippen LogP) is 3.10. The summed E-state index contributed by atoms with van der Waals surface area (Å²) in [5.41, 5.74) is 8.42. The minimum atomic E-state index is 0.758. The van der Waals surface area contributed by atoms with Crippen LogP contribution in [-0.2, 0) is 0 Å². The van der Waals surface area contributed by atoms with Gasteiger partial charge in [-0.3, -0.25) is 0 Å². The van der Waals surface area contributed by atoms with E-state index in [1.54, 1.807) is 0 Å². The summed E-state index contributed by atoms with van der Waals surface area (Å²) in [7, 11) is 0. The lowest BCUT2D eigenvalue weighted by molar-refractivity contribution is 0.568. The standard InChI is InChI=1S/C16H21N5/c1-12-11-15(19-14-7-5-13(17)6-8-14)20-16(18-12)21-9-3-2-4-10-21/h5-8,11H,2-4,9-10,17H2,1H3,(H,18,19,20). The number of benzene rings is 1. The third-order valence-electron chi connectivity index (χ3n) is 3.66. The lowest BCUT2D eigenvalue weighted by atomic mass is 10.1. The summed E-state index contributed by atoms with van der Waals surface area (Å²) >= 11 is 0. The first-order valence-corrected chi connectivity index (χ1v) is 7.44. The van der Waals surface area contributed by atoms with Crippen LogP contribution in [0, 0.1) is 6.92 Å². The lowest BCUT2D eigenvalue weighted by Crippen LogP contribution is -2.31. The van der Waals surface area contributed by atoms with Crippen molar-refractivity contribution in [1.29, 1.82) is 0 Å². The largest absolute Gasteiger partial charge is 0.399 e. The number of anilines is 4. The van der Waals surface area contributed by atoms with Crippen molar-refractivity contribution in [2.75, 3.05) is 29.0 Å². The number of aromatic nitrogens is 2. The third kappa shape index (κ3) is 3.42. The molecule has 0 spiro atoms. The molecule has 2 aromatic rings. The maximum atomic E-state index is 5.71. The van der Waals surface area contributed by atoms with Crippen LogP contribution in [0.2, 0.25) is 0 Å². The maximum Gasteiger partial charge on any atom is 0.227 e. The molecule has 1 saturated heterocycles. The van der Waals surface area contributed by atoms with Gasteiger partial charge in [0.2, 0.25) is 5.95 Å². The molecular formula is C16H21N5. The van der Waals surface area contributed by atoms with Crippen LogP contribution in [0.4, 0.5) is 23.1 Å². The zero-order valence-corrected chi connectivity index (χ0v) is 12.3. The Kier molecular flexibility index (Phi) is 3.90. The van der Waals surface area contributed by atoms with Crippen molar-refractivity contribution in [1.82, 2.24) is 9.97 Å². The van der Waals surface area contributed by atoms with Gasteiger partial charge in [-0.05, 0) is 50.5 Å². The molecule has 1 aliphatic heterocycles. The van der Waals surface area contributed by atoms with Crippen LogP contribution in [0.1, 0.15) is 25.0 Å². The second kappa shape index (κ2) is 5.99. The van der Waals surface area contributed by atoms with Crippen molar-refractivity contribution in [3.63, 3.8) is 0 Å². The van der Waals surface area contributed by atoms with Crippen molar-refractivity contribution < 1.29 is 0 Å². The van der Waals surface area contributed by atoms with Crippen LogP contribution < -0.4 is 16.0 Å². The van der Waals surface area contributed by atoms with E-state index in [0.29, 0.717) is 0 Å². The molecule has 5 nitrogen and oxygen atoms in total. The van der Waals surface area contributed by atoms with E-state index in [0.717, 1.165) is 41.9 Å². The molecule has 0 amide bonds. The molecule has 3 N–H and O–H groups in total. The molecule has 1 aliphatic rings. The Morgan fingerprint density at radius 2 is 1.76 bits per heavy atom. The molecule has 21 heavy (non-hydrogen) atoms. The molecule has 0 unspecified atom stereocenters. The molecule has 2 heterocycles. The Bertz CT molecular complexity index is 603. The van der Waals surface area contributed by atoms with E-state index < -0.39 is 0 Å². The number of nitrogens with one attached hydrogen (secondary N) is 1. The second-order valence-electron chi connectivity index (χ2n) is 5.49. The van der Waals surface area contributed by atoms with E-state index in [4.69, 9.17) is 5.73 Å². The van der Waals surface area contributed by atoms with Gasteiger partial charge in [0, 0.05) is 36.2 Å². The third-order valence-corrected chi connectivity index (χ3v) is 3.66. The van der Waals surface area contributed by atoms with Crippen LogP contribution >= 0.6 is 0 Å². The van der Waals surface area contributed by atoms with Gasteiger partial charge in [0.1, 0.15) is 5.82 Å². The van der Waals surface area contributed by atoms with Gasteiger partial charge in [-0.25, -0.2) is 4.98 Å². The zero-order chi connectivity index (χ0) is 14.7. The van der Waals surface area contributed by atoms with E-state index in [-0.39, 0.29) is 0 Å². The molecule has 110 valence electrons. The molecule has 1 aromatic heterocycles. The van der Waals surface area contributed by atoms with Crippen molar-refractivity contribution in [2.45, 2.75) is 26.2 Å². The number of nitrogens with zero attached hydrogens (tertiary/aromatic N) is 3. The fourth-order valence-corrected chi connectivity index (χ4v) is 2.57. The number of nitrogen functional groups attached to an aromatic ring is 1. The first-order chi connectivity index (χ1) is 10.2. The van der Waals surface area contributed by atoms with Gasteiger partial charge in [-0.15, -0.1) is 0 Å². The predicted molar refractivity (Wildman–Crippen MR) is 87.0 cm³/mol. The molecule has 0 aliphatic carbocycles. The van der Waals surface area contributed by atoms with E-state index in [1.807, 2.05) is 37.3 Å². The molecule has 0 radical (unpaired) electrons. The molecule has 0 saturated carbocycles. The summed E-state index contributed by atoms with van der Waals surface area (Å²) < 4.78 is 0. The number of nitrogens with two attached hydrogens (primary N) is 1. The van der Waals surface area contributed by atoms with Crippen LogP contribution in [0.3, 0.4) is 0 Å². The summed E-state index contributed by atoms with van der Waals surface area (Å²) in [6.07, 6.45) is 3.74. The Hall–Kier alpha value is -2.30. The first kappa shape index (κ1) is 13.7. The van der Waals surface area contributed by atoms with Crippen molar-refractivity contribution in [2.24, 2.45) is 0 Å². The molecule has 5 heteroatoms. The lowest BCUT2D eigenvalue weighted by Gasteiger charge is -2.27. The first-order valence-electron chi connectivity index (χ1n) is 7.44. The number of hydrogen-bond acceptors (Lipinski definition) is 5. The van der Waals surface area contributed by atoms with E-state index in [1.165, 1.54) is 19.3 Å². The molecular weight excluding hydrogens is 262 g/mol. The Morgan fingerprint density at radius 1 is 1.05 bits per heavy atom. The second-order valence-corrected chi connectivity index (χ2v) is 5.49. The molecule has 0 atom stereocenters. The van der Waals surface area contributed by atoms with Crippen molar-refractivity contribution in [3.05, 3.63) is 36.0 Å². The van der Waals surface area contributed by atoms with Gasteiger partial charge in [-0.1, -0.05) is 0 Å². The highest BCUT2D eigenvalue weighted by Crippen LogP contribution is 2.21. The van der Waals surface area contributed by atoms with Gasteiger partial charge in [0.25, 0.3) is 0 Å². The molecule has 1 fully saturated rings. The average molecular weight is 283 g/mol. The van der Waals surface area contributed by atoms with Crippen LogP contribution in [0.15, 0.2) is 30.3 Å². The zero-order valence-electron chi connectivity index (χ0n) is 12.3. The number of rotatable bonds is 3. The van der Waals surface area contributed by atoms with Gasteiger partial charge in [0.05, 0.1) is 0 Å². The van der Waals surface area contributed by atoms with Crippen molar-refractivity contribution in [3.8, 4) is 0 Å². The van der Waals surface area contributed by atoms with Crippen LogP contribution in [-0.4, -0.2) is 23.1 Å². The Labute approximate surface area is 125 Å². The summed E-state index contributed by atoms with van der Waals surface area (Å²) in [5.74, 6) is 1.65. The smallest absolute Gasteiger partial charge is 0.227 e. The van der Waals surface area contributed by atoms with E-state index in [9.17, 15) is 0 Å². The Morgan fingerprint density at radius 3 is 2.48 bits per heavy atom. The fourth-order valence-electron chi connectivity index (χ4n) is 2.57. The molecule has 1 aromatic carbocycles. The highest BCUT2D eigenvalue weighted by atomic mass is 15.3. The summed E-state index contributed by atoms with van der Waals surface area (Å²) in [5, 5.41) is 3.32. The fraction of sp³-hybridized carbons (Fsp3) is 0.375. The maximum absolute atomic E-state index is 5.71. The van der Waals surface area contributed by atoms with Crippen LogP contribution in [0.25, 0.3) is 0 Å². The minimum absolute atomic E-state index is 0.758. The summed E-state index contributed by atoms with van der Waals surface area (Å²) in [6, 6.07) is 9.62. The summed E-state index contributed by atoms with van der Waals surface area (Å²) in [4.78, 5) is 11.5. The van der Waals surface area contributed by atoms with E-state index >= 15 is 0 Å². The average Bonchev–Trinajstić information content (AvgIpc) is 2.50. The topological polar surface area (TPSA) is 67.1 Å². The number of aryl methyl sites for hydroxylation is 1. The van der Waals surface area contributed by atoms with Gasteiger partial charge in [-0.2, -0.15) is 4.98 Å². The monoisotopic (exact) mass is 283 g/mol. The van der Waals surface area contributed by atoms with Gasteiger partial charge < -0.3 is 16.0 Å². The molecule has 3 rings (SSSR count). The highest BCUT2D eigenvalue weighted by Gasteiger charge is 2.14. The normalized spacial score (nSPS) is 15.0. The Balaban J connectivity index is 1.81. The van der Waals surface area contributed by atoms with Crippen molar-refractivity contribution >= 4 is 23.1 Å². The minimum Gasteiger partial charge on any atom is -0.399 e. The summed E-state index contributed by atoms with van der Waals surface area (Å²) in [6.45, 7) is 4.10. The quantitative estimate of drug-likeness (QED) is 0.847. The van der Waals surface area contributed by atoms with E-state index in [2.05, 4.69) is 20.2 Å². The van der Waals surface area contributed by atoms with Crippen LogP contribution in [0.5, 0.6) is 0 Å². The van der Waals surface area contributed by atoms with Gasteiger partial charge in [0.15, 0.2) is 0 Å².